The number of nitrogens with zero attached hydrogens (tertiary/aromatic N) is 2. The van der Waals surface area contributed by atoms with E-state index in [1.807, 2.05) is 6.07 Å². The average molecular weight is 294 g/mol. The number of methoxy groups -OCH3 is 2. The van der Waals surface area contributed by atoms with Crippen molar-refractivity contribution in [1.82, 2.24) is 9.88 Å². The van der Waals surface area contributed by atoms with Crippen molar-refractivity contribution in [2.45, 2.75) is 39.3 Å². The molecule has 1 rings (SSSR count). The van der Waals surface area contributed by atoms with Gasteiger partial charge in [0.25, 0.3) is 0 Å². The Labute approximate surface area is 127 Å². The molecule has 118 valence electrons. The highest BCUT2D eigenvalue weighted by Crippen LogP contribution is 2.13. The van der Waals surface area contributed by atoms with E-state index in [4.69, 9.17) is 4.74 Å². The summed E-state index contributed by atoms with van der Waals surface area (Å²) in [5.41, 5.74) is 1.43. The third kappa shape index (κ3) is 5.44. The number of ether oxygens (including phenoxy) is 2. The molecule has 5 heteroatoms. The molecule has 0 unspecified atom stereocenters. The molecule has 1 aromatic rings. The smallest absolute Gasteiger partial charge is 0.339 e. The number of rotatable bonds is 9. The number of aromatic nitrogens is 1. The Balaban J connectivity index is 2.75. The van der Waals surface area contributed by atoms with Gasteiger partial charge in [-0.1, -0.05) is 13.8 Å². The van der Waals surface area contributed by atoms with E-state index in [0.717, 1.165) is 31.6 Å². The molecule has 21 heavy (non-hydrogen) atoms. The van der Waals surface area contributed by atoms with Crippen molar-refractivity contribution in [3.8, 4) is 0 Å². The largest absolute Gasteiger partial charge is 0.465 e. The maximum Gasteiger partial charge on any atom is 0.339 e. The fourth-order valence-electron chi connectivity index (χ4n) is 2.37. The maximum atomic E-state index is 11.4. The van der Waals surface area contributed by atoms with E-state index in [2.05, 4.69) is 28.5 Å². The second-order valence-corrected chi connectivity index (χ2v) is 4.96. The minimum Gasteiger partial charge on any atom is -0.465 e. The van der Waals surface area contributed by atoms with Crippen LogP contribution in [0.1, 0.15) is 42.7 Å². The molecule has 0 bridgehead atoms. The van der Waals surface area contributed by atoms with Gasteiger partial charge >= 0.3 is 5.97 Å². The zero-order chi connectivity index (χ0) is 15.7. The molecule has 0 saturated heterocycles. The number of carbonyl (C=O) groups is 1. The first-order valence-corrected chi connectivity index (χ1v) is 7.42. The van der Waals surface area contributed by atoms with Crippen molar-refractivity contribution in [2.24, 2.45) is 0 Å². The van der Waals surface area contributed by atoms with E-state index in [9.17, 15) is 4.79 Å². The van der Waals surface area contributed by atoms with Crippen molar-refractivity contribution in [2.75, 3.05) is 27.4 Å². The molecule has 0 atom stereocenters. The highest BCUT2D eigenvalue weighted by molar-refractivity contribution is 5.88. The normalized spacial score (nSPS) is 11.1. The molecule has 0 saturated carbocycles. The molecule has 1 aromatic heterocycles. The van der Waals surface area contributed by atoms with E-state index < -0.39 is 0 Å². The zero-order valence-electron chi connectivity index (χ0n) is 13.5. The van der Waals surface area contributed by atoms with Gasteiger partial charge < -0.3 is 9.47 Å². The predicted octanol–water partition coefficient (Wildman–Crippen LogP) is 2.51. The zero-order valence-corrected chi connectivity index (χ0v) is 13.5. The van der Waals surface area contributed by atoms with Gasteiger partial charge in [0.1, 0.15) is 0 Å². The first kappa shape index (κ1) is 17.6. The van der Waals surface area contributed by atoms with Crippen molar-refractivity contribution in [3.05, 3.63) is 29.6 Å². The molecule has 5 nitrogen and oxygen atoms in total. The third-order valence-electron chi connectivity index (χ3n) is 3.65. The van der Waals surface area contributed by atoms with Crippen molar-refractivity contribution < 1.29 is 14.3 Å². The standard InChI is InChI=1S/C16H26N2O3/c1-5-15(6-2)18(9-10-20-3)12-14-8-7-13(11-17-14)16(19)21-4/h7-8,11,15H,5-6,9-10,12H2,1-4H3. The lowest BCUT2D eigenvalue weighted by atomic mass is 10.1. The van der Waals surface area contributed by atoms with Crippen LogP contribution in [-0.4, -0.2) is 49.3 Å². The highest BCUT2D eigenvalue weighted by atomic mass is 16.5. The highest BCUT2D eigenvalue weighted by Gasteiger charge is 2.16. The van der Waals surface area contributed by atoms with Crippen LogP contribution in [0.15, 0.2) is 18.3 Å². The molecule has 0 radical (unpaired) electrons. The summed E-state index contributed by atoms with van der Waals surface area (Å²) in [6.45, 7) is 6.74. The van der Waals surface area contributed by atoms with Crippen LogP contribution in [0, 0.1) is 0 Å². The Bertz CT molecular complexity index is 416. The minimum absolute atomic E-state index is 0.356. The van der Waals surface area contributed by atoms with E-state index in [1.165, 1.54) is 7.11 Å². The summed E-state index contributed by atoms with van der Waals surface area (Å²) in [7, 11) is 3.09. The molecule has 0 fully saturated rings. The minimum atomic E-state index is -0.356. The summed E-state index contributed by atoms with van der Waals surface area (Å²) in [5.74, 6) is -0.356. The van der Waals surface area contributed by atoms with Gasteiger partial charge in [0, 0.05) is 32.4 Å². The van der Waals surface area contributed by atoms with E-state index in [-0.39, 0.29) is 5.97 Å². The van der Waals surface area contributed by atoms with Gasteiger partial charge in [0.2, 0.25) is 0 Å². The van der Waals surface area contributed by atoms with Gasteiger partial charge in [-0.05, 0) is 25.0 Å². The number of carbonyl (C=O) groups excluding carboxylic acids is 1. The molecule has 0 aliphatic carbocycles. The van der Waals surface area contributed by atoms with Crippen LogP contribution >= 0.6 is 0 Å². The second-order valence-electron chi connectivity index (χ2n) is 4.96. The first-order chi connectivity index (χ1) is 10.2. The van der Waals surface area contributed by atoms with Crippen LogP contribution in [0.25, 0.3) is 0 Å². The molecule has 0 aliphatic heterocycles. The Morgan fingerprint density at radius 1 is 1.29 bits per heavy atom. The molecule has 0 aromatic carbocycles. The summed E-state index contributed by atoms with van der Waals surface area (Å²) in [5, 5.41) is 0. The van der Waals surface area contributed by atoms with E-state index in [1.54, 1.807) is 19.4 Å². The fourth-order valence-corrected chi connectivity index (χ4v) is 2.37. The van der Waals surface area contributed by atoms with Crippen LogP contribution in [0.2, 0.25) is 0 Å². The molecular formula is C16H26N2O3. The summed E-state index contributed by atoms with van der Waals surface area (Å²) in [6.07, 6.45) is 3.77. The summed E-state index contributed by atoms with van der Waals surface area (Å²) in [4.78, 5) is 18.1. The Morgan fingerprint density at radius 2 is 2.00 bits per heavy atom. The van der Waals surface area contributed by atoms with Crippen LogP contribution < -0.4 is 0 Å². The number of esters is 1. The SMILES string of the molecule is CCC(CC)N(CCOC)Cc1ccc(C(=O)OC)cn1. The monoisotopic (exact) mass is 294 g/mol. The van der Waals surface area contributed by atoms with Crippen molar-refractivity contribution in [1.29, 1.82) is 0 Å². The van der Waals surface area contributed by atoms with Crippen LogP contribution in [-0.2, 0) is 16.0 Å². The lowest BCUT2D eigenvalue weighted by Crippen LogP contribution is -2.36. The Morgan fingerprint density at radius 3 is 2.48 bits per heavy atom. The summed E-state index contributed by atoms with van der Waals surface area (Å²) < 4.78 is 9.87. The molecule has 0 amide bonds. The van der Waals surface area contributed by atoms with Gasteiger partial charge in [0.15, 0.2) is 0 Å². The van der Waals surface area contributed by atoms with E-state index >= 15 is 0 Å². The van der Waals surface area contributed by atoms with Crippen molar-refractivity contribution in [3.63, 3.8) is 0 Å². The maximum absolute atomic E-state index is 11.4. The van der Waals surface area contributed by atoms with Crippen LogP contribution in [0.4, 0.5) is 0 Å². The second kappa shape index (κ2) is 9.47. The van der Waals surface area contributed by atoms with Gasteiger partial charge in [-0.15, -0.1) is 0 Å². The Kier molecular flexibility index (Phi) is 7.93. The molecule has 0 spiro atoms. The lowest BCUT2D eigenvalue weighted by Gasteiger charge is -2.29. The topological polar surface area (TPSA) is 51.7 Å². The number of hydrogen-bond donors (Lipinski definition) is 0. The third-order valence-corrected chi connectivity index (χ3v) is 3.65. The quantitative estimate of drug-likeness (QED) is 0.655. The molecular weight excluding hydrogens is 268 g/mol. The van der Waals surface area contributed by atoms with Gasteiger partial charge in [-0.2, -0.15) is 0 Å². The first-order valence-electron chi connectivity index (χ1n) is 7.42. The fraction of sp³-hybridized carbons (Fsp3) is 0.625. The average Bonchev–Trinajstić information content (AvgIpc) is 2.53. The predicted molar refractivity (Wildman–Crippen MR) is 82.2 cm³/mol. The number of hydrogen-bond acceptors (Lipinski definition) is 5. The van der Waals surface area contributed by atoms with Gasteiger partial charge in [-0.3, -0.25) is 9.88 Å². The Hall–Kier alpha value is -1.46. The molecule has 0 aliphatic rings. The van der Waals surface area contributed by atoms with E-state index in [0.29, 0.717) is 18.2 Å². The van der Waals surface area contributed by atoms with Crippen LogP contribution in [0.3, 0.4) is 0 Å². The number of pyridine rings is 1. The van der Waals surface area contributed by atoms with Crippen LogP contribution in [0.5, 0.6) is 0 Å². The summed E-state index contributed by atoms with van der Waals surface area (Å²) in [6, 6.07) is 4.16. The summed E-state index contributed by atoms with van der Waals surface area (Å²) >= 11 is 0. The molecule has 1 heterocycles. The van der Waals surface area contributed by atoms with Gasteiger partial charge in [0.05, 0.1) is 25.0 Å². The lowest BCUT2D eigenvalue weighted by molar-refractivity contribution is 0.0600. The molecule has 0 N–H and O–H groups in total. The van der Waals surface area contributed by atoms with Crippen molar-refractivity contribution >= 4 is 5.97 Å². The van der Waals surface area contributed by atoms with Gasteiger partial charge in [-0.25, -0.2) is 4.79 Å².